The fourth-order valence-electron chi connectivity index (χ4n) is 3.13. The molecule has 1 unspecified atom stereocenters. The first-order chi connectivity index (χ1) is 13.5. The molecule has 0 fully saturated rings. The van der Waals surface area contributed by atoms with Gasteiger partial charge in [0.1, 0.15) is 5.60 Å². The van der Waals surface area contributed by atoms with Gasteiger partial charge < -0.3 is 25.1 Å². The topological polar surface area (TPSA) is 108 Å². The van der Waals surface area contributed by atoms with E-state index in [-0.39, 0.29) is 6.04 Å². The van der Waals surface area contributed by atoms with Crippen molar-refractivity contribution < 1.29 is 19.1 Å². The standard InChI is InChI=1S/C20H29BrN4O4/c1-12(8-6-7-9-23-19(27)29-20(2,3)4)25-16-14(17(26)28-5)10-13(21)11-15(16)24-18(25)22/h10-12H,6-9H2,1-5H3,(H2,22,24)(H,23,27). The second-order valence-electron chi connectivity index (χ2n) is 7.93. The van der Waals surface area contributed by atoms with Gasteiger partial charge in [-0.1, -0.05) is 15.9 Å². The van der Waals surface area contributed by atoms with E-state index < -0.39 is 17.7 Å². The van der Waals surface area contributed by atoms with Crippen LogP contribution in [0.4, 0.5) is 10.7 Å². The third-order valence-electron chi connectivity index (χ3n) is 4.34. The fourth-order valence-corrected chi connectivity index (χ4v) is 3.57. The third-order valence-corrected chi connectivity index (χ3v) is 4.80. The average molecular weight is 469 g/mol. The molecule has 29 heavy (non-hydrogen) atoms. The van der Waals surface area contributed by atoms with Crippen LogP contribution in [0.5, 0.6) is 0 Å². The number of carbonyl (C=O) groups excluding carboxylic acids is 2. The molecule has 1 atom stereocenters. The normalized spacial score (nSPS) is 12.6. The number of imidazole rings is 1. The Hall–Kier alpha value is -2.29. The van der Waals surface area contributed by atoms with Crippen molar-refractivity contribution in [2.75, 3.05) is 19.4 Å². The zero-order valence-electron chi connectivity index (χ0n) is 17.5. The summed E-state index contributed by atoms with van der Waals surface area (Å²) >= 11 is 3.40. The number of halogens is 1. The number of fused-ring (bicyclic) bond motifs is 1. The Labute approximate surface area is 179 Å². The van der Waals surface area contributed by atoms with Crippen molar-refractivity contribution in [3.05, 3.63) is 22.2 Å². The molecule has 1 aromatic carbocycles. The highest BCUT2D eigenvalue weighted by atomic mass is 79.9. The molecule has 1 aromatic heterocycles. The van der Waals surface area contributed by atoms with Crippen molar-refractivity contribution in [3.63, 3.8) is 0 Å². The van der Waals surface area contributed by atoms with Gasteiger partial charge in [0, 0.05) is 17.1 Å². The Morgan fingerprint density at radius 1 is 1.31 bits per heavy atom. The van der Waals surface area contributed by atoms with Crippen molar-refractivity contribution in [1.82, 2.24) is 14.9 Å². The minimum Gasteiger partial charge on any atom is -0.465 e. The van der Waals surface area contributed by atoms with Crippen molar-refractivity contribution in [3.8, 4) is 0 Å². The lowest BCUT2D eigenvalue weighted by molar-refractivity contribution is 0.0525. The first-order valence-electron chi connectivity index (χ1n) is 9.55. The van der Waals surface area contributed by atoms with Gasteiger partial charge in [-0.3, -0.25) is 0 Å². The summed E-state index contributed by atoms with van der Waals surface area (Å²) in [6, 6.07) is 3.56. The van der Waals surface area contributed by atoms with Crippen LogP contribution in [0.25, 0.3) is 11.0 Å². The lowest BCUT2D eigenvalue weighted by Gasteiger charge is -2.20. The van der Waals surface area contributed by atoms with Crippen LogP contribution < -0.4 is 11.1 Å². The number of amides is 1. The minimum atomic E-state index is -0.509. The van der Waals surface area contributed by atoms with Crippen molar-refractivity contribution in [2.45, 2.75) is 58.6 Å². The van der Waals surface area contributed by atoms with Crippen LogP contribution in [0.15, 0.2) is 16.6 Å². The number of hydrogen-bond donors (Lipinski definition) is 2. The van der Waals surface area contributed by atoms with E-state index in [0.717, 1.165) is 23.7 Å². The van der Waals surface area contributed by atoms with Crippen molar-refractivity contribution in [2.24, 2.45) is 0 Å². The molecule has 0 aliphatic carbocycles. The summed E-state index contributed by atoms with van der Waals surface area (Å²) < 4.78 is 12.7. The van der Waals surface area contributed by atoms with E-state index in [9.17, 15) is 9.59 Å². The second kappa shape index (κ2) is 9.47. The number of alkyl carbamates (subject to hydrolysis) is 1. The Morgan fingerprint density at radius 2 is 2.00 bits per heavy atom. The predicted molar refractivity (Wildman–Crippen MR) is 116 cm³/mol. The maximum absolute atomic E-state index is 12.2. The lowest BCUT2D eigenvalue weighted by atomic mass is 10.1. The van der Waals surface area contributed by atoms with Crippen LogP contribution in [0.1, 0.15) is 63.4 Å². The Morgan fingerprint density at radius 3 is 2.62 bits per heavy atom. The van der Waals surface area contributed by atoms with Crippen LogP contribution in [0, 0.1) is 0 Å². The zero-order chi connectivity index (χ0) is 21.8. The lowest BCUT2D eigenvalue weighted by Crippen LogP contribution is -2.33. The molecule has 1 heterocycles. The van der Waals surface area contributed by atoms with Gasteiger partial charge in [-0.05, 0) is 59.1 Å². The highest BCUT2D eigenvalue weighted by Crippen LogP contribution is 2.31. The van der Waals surface area contributed by atoms with Crippen LogP contribution in [0.2, 0.25) is 0 Å². The van der Waals surface area contributed by atoms with Gasteiger partial charge in [0.15, 0.2) is 0 Å². The number of nitrogens with two attached hydrogens (primary N) is 1. The summed E-state index contributed by atoms with van der Waals surface area (Å²) in [5.74, 6) is -0.0890. The molecule has 0 aliphatic rings. The van der Waals surface area contributed by atoms with E-state index >= 15 is 0 Å². The third kappa shape index (κ3) is 6.09. The molecule has 0 radical (unpaired) electrons. The Bertz CT molecular complexity index is 889. The van der Waals surface area contributed by atoms with Gasteiger partial charge in [-0.2, -0.15) is 0 Å². The Balaban J connectivity index is 2.04. The maximum Gasteiger partial charge on any atom is 0.407 e. The quantitative estimate of drug-likeness (QED) is 0.459. The van der Waals surface area contributed by atoms with Gasteiger partial charge in [0.2, 0.25) is 5.95 Å². The van der Waals surface area contributed by atoms with Crippen LogP contribution in [0.3, 0.4) is 0 Å². The fraction of sp³-hybridized carbons (Fsp3) is 0.550. The molecule has 1 amide bonds. The summed E-state index contributed by atoms with van der Waals surface area (Å²) in [6.07, 6.45) is 2.05. The van der Waals surface area contributed by atoms with Crippen LogP contribution >= 0.6 is 15.9 Å². The number of anilines is 1. The molecule has 9 heteroatoms. The number of methoxy groups -OCH3 is 1. The average Bonchev–Trinajstić information content (AvgIpc) is 2.93. The number of benzene rings is 1. The number of rotatable bonds is 7. The molecule has 0 aliphatic heterocycles. The molecule has 2 aromatic rings. The largest absolute Gasteiger partial charge is 0.465 e. The molecular weight excluding hydrogens is 440 g/mol. The maximum atomic E-state index is 12.2. The van der Waals surface area contributed by atoms with Crippen molar-refractivity contribution in [1.29, 1.82) is 0 Å². The molecule has 0 spiro atoms. The second-order valence-corrected chi connectivity index (χ2v) is 8.84. The molecule has 2 rings (SSSR count). The number of carbonyl (C=O) groups is 2. The number of aromatic nitrogens is 2. The molecule has 3 N–H and O–H groups in total. The molecular formula is C20H29BrN4O4. The first kappa shape index (κ1) is 23.0. The summed E-state index contributed by atoms with van der Waals surface area (Å²) in [4.78, 5) is 28.3. The molecule has 0 bridgehead atoms. The van der Waals surface area contributed by atoms with Crippen LogP contribution in [-0.4, -0.2) is 40.9 Å². The van der Waals surface area contributed by atoms with E-state index in [1.54, 1.807) is 6.07 Å². The van der Waals surface area contributed by atoms with E-state index in [4.69, 9.17) is 15.2 Å². The van der Waals surface area contributed by atoms with E-state index in [2.05, 4.69) is 26.2 Å². The minimum absolute atomic E-state index is 0.0195. The number of nitrogen functional groups attached to an aromatic ring is 1. The highest BCUT2D eigenvalue weighted by Gasteiger charge is 2.21. The van der Waals surface area contributed by atoms with Gasteiger partial charge >= 0.3 is 12.1 Å². The van der Waals surface area contributed by atoms with Crippen molar-refractivity contribution >= 4 is 45.0 Å². The number of hydrogen-bond acceptors (Lipinski definition) is 6. The SMILES string of the molecule is COC(=O)c1cc(Br)cc2nc(N)n(C(C)CCCCNC(=O)OC(C)(C)C)c12. The number of nitrogens with one attached hydrogen (secondary N) is 1. The smallest absolute Gasteiger partial charge is 0.407 e. The first-order valence-corrected chi connectivity index (χ1v) is 10.3. The number of ether oxygens (including phenoxy) is 2. The molecule has 0 saturated heterocycles. The summed E-state index contributed by atoms with van der Waals surface area (Å²) in [5, 5.41) is 2.76. The summed E-state index contributed by atoms with van der Waals surface area (Å²) in [6.45, 7) is 8.05. The van der Waals surface area contributed by atoms with Gasteiger partial charge in [-0.25, -0.2) is 14.6 Å². The molecule has 8 nitrogen and oxygen atoms in total. The van der Waals surface area contributed by atoms with Gasteiger partial charge in [0.25, 0.3) is 0 Å². The van der Waals surface area contributed by atoms with Gasteiger partial charge in [0.05, 0.1) is 23.7 Å². The Kier molecular flexibility index (Phi) is 7.51. The number of esters is 1. The molecule has 0 saturated carbocycles. The summed E-state index contributed by atoms with van der Waals surface area (Å²) in [5.41, 5.74) is 7.36. The van der Waals surface area contributed by atoms with E-state index in [1.165, 1.54) is 7.11 Å². The predicted octanol–water partition coefficient (Wildman–Crippen LogP) is 4.42. The zero-order valence-corrected chi connectivity index (χ0v) is 19.1. The summed E-state index contributed by atoms with van der Waals surface area (Å²) in [7, 11) is 1.35. The monoisotopic (exact) mass is 468 g/mol. The number of nitrogens with zero attached hydrogens (tertiary/aromatic N) is 2. The molecule has 160 valence electrons. The van der Waals surface area contributed by atoms with E-state index in [0.29, 0.717) is 29.1 Å². The highest BCUT2D eigenvalue weighted by molar-refractivity contribution is 9.10. The van der Waals surface area contributed by atoms with Crippen LogP contribution in [-0.2, 0) is 9.47 Å². The van der Waals surface area contributed by atoms with Gasteiger partial charge in [-0.15, -0.1) is 0 Å². The van der Waals surface area contributed by atoms with E-state index in [1.807, 2.05) is 38.3 Å². The number of unbranched alkanes of at least 4 members (excludes halogenated alkanes) is 1.